The van der Waals surface area contributed by atoms with E-state index in [-0.39, 0.29) is 12.7 Å². The molecule has 0 aromatic carbocycles. The molecule has 1 saturated heterocycles. The molecule has 0 aromatic heterocycles. The van der Waals surface area contributed by atoms with Gasteiger partial charge in [-0.15, -0.1) is 0 Å². The van der Waals surface area contributed by atoms with Gasteiger partial charge in [0.05, 0.1) is 19.3 Å². The normalized spacial score (nSPS) is 33.4. The second-order valence-electron chi connectivity index (χ2n) is 9.00. The lowest BCUT2D eigenvalue weighted by molar-refractivity contribution is -1.01. The van der Waals surface area contributed by atoms with E-state index >= 15 is 0 Å². The topological polar surface area (TPSA) is 58.6 Å². The van der Waals surface area contributed by atoms with Crippen molar-refractivity contribution in [2.45, 2.75) is 58.7 Å². The maximum atomic E-state index is 10.3. The number of hydrogen-bond acceptors (Lipinski definition) is 3. The van der Waals surface area contributed by atoms with Gasteiger partial charge >= 0.3 is 0 Å². The Morgan fingerprint density at radius 1 is 1.00 bits per heavy atom. The molecule has 1 atom stereocenters. The van der Waals surface area contributed by atoms with Crippen LogP contribution < -0.4 is 9.80 Å². The Hall–Kier alpha value is -0.200. The van der Waals surface area contributed by atoms with Gasteiger partial charge in [0.15, 0.2) is 0 Å². The van der Waals surface area contributed by atoms with E-state index in [1.165, 1.54) is 22.6 Å². The minimum atomic E-state index is -0.347. The van der Waals surface area contributed by atoms with Crippen molar-refractivity contribution in [3.8, 4) is 0 Å². The van der Waals surface area contributed by atoms with E-state index in [9.17, 15) is 5.11 Å². The summed E-state index contributed by atoms with van der Waals surface area (Å²) in [7, 11) is 0. The van der Waals surface area contributed by atoms with Crippen LogP contribution in [0.2, 0.25) is 0 Å². The zero-order chi connectivity index (χ0) is 17.6. The van der Waals surface area contributed by atoms with Gasteiger partial charge in [0.25, 0.3) is 0 Å². The summed E-state index contributed by atoms with van der Waals surface area (Å²) in [5, 5.41) is 19.3. The molecule has 0 amide bonds. The van der Waals surface area contributed by atoms with Crippen molar-refractivity contribution in [2.24, 2.45) is 11.3 Å². The first-order valence-electron chi connectivity index (χ1n) is 9.96. The predicted molar refractivity (Wildman–Crippen MR) is 95.4 cm³/mol. The molecule has 2 rings (SSSR count). The van der Waals surface area contributed by atoms with Gasteiger partial charge in [-0.3, -0.25) is 0 Å². The van der Waals surface area contributed by atoms with Crippen LogP contribution >= 0.6 is 0 Å². The van der Waals surface area contributed by atoms with E-state index in [1.54, 1.807) is 0 Å². The molecule has 0 radical (unpaired) electrons. The van der Waals surface area contributed by atoms with E-state index in [1.807, 2.05) is 0 Å². The van der Waals surface area contributed by atoms with Crippen molar-refractivity contribution in [1.29, 1.82) is 0 Å². The summed E-state index contributed by atoms with van der Waals surface area (Å²) in [5.74, 6) is 0.810. The number of aliphatic hydroxyl groups is 2. The van der Waals surface area contributed by atoms with Crippen molar-refractivity contribution >= 4 is 0 Å². The first-order chi connectivity index (χ1) is 11.4. The van der Waals surface area contributed by atoms with Crippen LogP contribution in [-0.2, 0) is 4.74 Å². The van der Waals surface area contributed by atoms with Gasteiger partial charge in [0.2, 0.25) is 0 Å². The molecular formula is C19H40N2O3+2. The fraction of sp³-hybridized carbons (Fsp3) is 1.00. The summed E-state index contributed by atoms with van der Waals surface area (Å²) in [6.45, 7) is 13.8. The number of nitrogens with one attached hydrogen (secondary N) is 2. The minimum Gasteiger partial charge on any atom is -0.391 e. The summed E-state index contributed by atoms with van der Waals surface area (Å²) in [6, 6.07) is 0. The molecule has 2 aliphatic rings. The zero-order valence-electron chi connectivity index (χ0n) is 16.0. The summed E-state index contributed by atoms with van der Waals surface area (Å²) < 4.78 is 6.01. The van der Waals surface area contributed by atoms with Crippen LogP contribution in [0.5, 0.6) is 0 Å². The van der Waals surface area contributed by atoms with Gasteiger partial charge in [-0.05, 0) is 37.0 Å². The Morgan fingerprint density at radius 2 is 1.58 bits per heavy atom. The van der Waals surface area contributed by atoms with Crippen LogP contribution in [0.3, 0.4) is 0 Å². The van der Waals surface area contributed by atoms with Gasteiger partial charge in [0, 0.05) is 0 Å². The van der Waals surface area contributed by atoms with Gasteiger partial charge in [-0.2, -0.15) is 0 Å². The molecule has 142 valence electrons. The van der Waals surface area contributed by atoms with Gasteiger partial charge in [0.1, 0.15) is 45.4 Å². The van der Waals surface area contributed by atoms with Crippen molar-refractivity contribution in [3.05, 3.63) is 0 Å². The fourth-order valence-electron chi connectivity index (χ4n) is 4.30. The van der Waals surface area contributed by atoms with Gasteiger partial charge in [-0.25, -0.2) is 0 Å². The Bertz CT molecular complexity index is 343. The van der Waals surface area contributed by atoms with Crippen LogP contribution in [0, 0.1) is 11.3 Å². The van der Waals surface area contributed by atoms with Gasteiger partial charge in [-0.1, -0.05) is 20.8 Å². The Morgan fingerprint density at radius 3 is 2.12 bits per heavy atom. The average molecular weight is 345 g/mol. The highest BCUT2D eigenvalue weighted by atomic mass is 16.5. The third-order valence-corrected chi connectivity index (χ3v) is 6.08. The molecule has 0 unspecified atom stereocenters. The Kier molecular flexibility index (Phi) is 7.95. The lowest BCUT2D eigenvalue weighted by atomic mass is 9.72. The zero-order valence-corrected chi connectivity index (χ0v) is 16.0. The van der Waals surface area contributed by atoms with Crippen molar-refractivity contribution in [3.63, 3.8) is 0 Å². The first-order valence-corrected chi connectivity index (χ1v) is 9.96. The molecule has 1 heterocycles. The van der Waals surface area contributed by atoms with E-state index in [0.717, 1.165) is 58.0 Å². The lowest BCUT2D eigenvalue weighted by Crippen LogP contribution is -3.28. The van der Waals surface area contributed by atoms with Gasteiger partial charge < -0.3 is 24.7 Å². The number of rotatable bonds is 7. The maximum absolute atomic E-state index is 10.3. The number of ether oxygens (including phenoxy) is 1. The molecule has 1 saturated carbocycles. The molecule has 0 spiro atoms. The molecule has 1 aliphatic heterocycles. The summed E-state index contributed by atoms with van der Waals surface area (Å²) in [6.07, 6.45) is 4.80. The fourth-order valence-corrected chi connectivity index (χ4v) is 4.30. The Labute approximate surface area is 148 Å². The first kappa shape index (κ1) is 20.1. The molecule has 4 N–H and O–H groups in total. The number of quaternary nitrogens is 2. The smallest absolute Gasteiger partial charge is 0.127 e. The second-order valence-corrected chi connectivity index (χ2v) is 9.00. The maximum Gasteiger partial charge on any atom is 0.127 e. The molecule has 1 aliphatic carbocycles. The molecule has 2 fully saturated rings. The highest BCUT2D eigenvalue weighted by Gasteiger charge is 2.30. The molecule has 0 aromatic rings. The monoisotopic (exact) mass is 344 g/mol. The number of piperazine rings is 1. The van der Waals surface area contributed by atoms with Crippen LogP contribution in [0.1, 0.15) is 46.5 Å². The summed E-state index contributed by atoms with van der Waals surface area (Å²) >= 11 is 0. The summed E-state index contributed by atoms with van der Waals surface area (Å²) in [5.41, 5.74) is 0.411. The van der Waals surface area contributed by atoms with E-state index < -0.39 is 0 Å². The quantitative estimate of drug-likeness (QED) is 0.467. The third-order valence-electron chi connectivity index (χ3n) is 6.08. The largest absolute Gasteiger partial charge is 0.391 e. The SMILES string of the molecule is CC(C)(C)C1CCC(OC[C@@H](O)C[NH+]2CC[NH+](CCO)CC2)CC1. The standard InChI is InChI=1S/C19H38N2O3/c1-19(2,3)16-4-6-18(7-5-16)24-15-17(23)14-21-10-8-20(9-11-21)12-13-22/h16-18,22-23H,4-15H2,1-3H3/p+2/t16?,17-,18?/m0/s1. The van der Waals surface area contributed by atoms with E-state index in [2.05, 4.69) is 20.8 Å². The molecular weight excluding hydrogens is 304 g/mol. The van der Waals surface area contributed by atoms with Crippen LogP contribution in [0.15, 0.2) is 0 Å². The molecule has 0 bridgehead atoms. The van der Waals surface area contributed by atoms with E-state index in [4.69, 9.17) is 9.84 Å². The second kappa shape index (κ2) is 9.48. The minimum absolute atomic E-state index is 0.276. The Balaban J connectivity index is 1.58. The van der Waals surface area contributed by atoms with Crippen LogP contribution in [-0.4, -0.2) is 74.9 Å². The van der Waals surface area contributed by atoms with Crippen LogP contribution in [0.25, 0.3) is 0 Å². The highest BCUT2D eigenvalue weighted by molar-refractivity contribution is 4.81. The van der Waals surface area contributed by atoms with Crippen molar-refractivity contribution in [1.82, 2.24) is 0 Å². The van der Waals surface area contributed by atoms with Crippen LogP contribution in [0.4, 0.5) is 0 Å². The van der Waals surface area contributed by atoms with Crippen molar-refractivity contribution in [2.75, 3.05) is 52.5 Å². The number of hydrogen-bond donors (Lipinski definition) is 4. The van der Waals surface area contributed by atoms with Crippen molar-refractivity contribution < 1.29 is 24.7 Å². The summed E-state index contributed by atoms with van der Waals surface area (Å²) in [4.78, 5) is 2.96. The number of aliphatic hydroxyl groups excluding tert-OH is 2. The molecule has 5 nitrogen and oxygen atoms in total. The highest BCUT2D eigenvalue weighted by Crippen LogP contribution is 2.38. The predicted octanol–water partition coefficient (Wildman–Crippen LogP) is -1.26. The molecule has 5 heteroatoms. The lowest BCUT2D eigenvalue weighted by Gasteiger charge is -2.37. The molecule has 24 heavy (non-hydrogen) atoms. The third kappa shape index (κ3) is 6.60. The van der Waals surface area contributed by atoms with E-state index in [0.29, 0.717) is 18.1 Å². The average Bonchev–Trinajstić information content (AvgIpc) is 2.55.